The van der Waals surface area contributed by atoms with E-state index < -0.39 is 0 Å². The Morgan fingerprint density at radius 3 is 2.76 bits per heavy atom. The van der Waals surface area contributed by atoms with Gasteiger partial charge in [0.1, 0.15) is 11.6 Å². The van der Waals surface area contributed by atoms with Crippen LogP contribution in [0, 0.1) is 5.82 Å². The fraction of sp³-hybridized carbons (Fsp3) is 0.200. The van der Waals surface area contributed by atoms with Crippen molar-refractivity contribution in [3.8, 4) is 11.3 Å². The number of halogens is 1. The second-order valence-electron chi connectivity index (χ2n) is 5.25. The Kier molecular flexibility index (Phi) is 2.65. The largest absolute Gasteiger partial charge is 0.353 e. The van der Waals surface area contributed by atoms with Crippen molar-refractivity contribution in [2.75, 3.05) is 18.0 Å². The highest BCUT2D eigenvalue weighted by molar-refractivity contribution is 5.67. The van der Waals surface area contributed by atoms with E-state index in [-0.39, 0.29) is 11.9 Å². The fourth-order valence-electron chi connectivity index (χ4n) is 2.63. The zero-order valence-corrected chi connectivity index (χ0v) is 11.3. The van der Waals surface area contributed by atoms with Crippen LogP contribution < -0.4 is 10.6 Å². The second-order valence-corrected chi connectivity index (χ2v) is 5.25. The van der Waals surface area contributed by atoms with E-state index in [0.717, 1.165) is 18.9 Å². The molecule has 0 radical (unpaired) electrons. The summed E-state index contributed by atoms with van der Waals surface area (Å²) in [5, 5.41) is 4.28. The number of anilines is 1. The molecule has 6 heteroatoms. The number of nitrogens with two attached hydrogens (primary N) is 1. The van der Waals surface area contributed by atoms with Crippen LogP contribution in [0.4, 0.5) is 10.2 Å². The summed E-state index contributed by atoms with van der Waals surface area (Å²) in [6.07, 6.45) is 1.69. The van der Waals surface area contributed by atoms with Crippen molar-refractivity contribution in [3.63, 3.8) is 0 Å². The van der Waals surface area contributed by atoms with Gasteiger partial charge < -0.3 is 10.6 Å². The monoisotopic (exact) mass is 283 g/mol. The van der Waals surface area contributed by atoms with Crippen LogP contribution in [0.5, 0.6) is 0 Å². The van der Waals surface area contributed by atoms with Crippen molar-refractivity contribution in [1.29, 1.82) is 0 Å². The van der Waals surface area contributed by atoms with Crippen LogP contribution in [0.1, 0.15) is 0 Å². The first-order valence-electron chi connectivity index (χ1n) is 6.82. The van der Waals surface area contributed by atoms with Crippen LogP contribution in [0.3, 0.4) is 0 Å². The fourth-order valence-corrected chi connectivity index (χ4v) is 2.63. The van der Waals surface area contributed by atoms with Crippen LogP contribution in [0.25, 0.3) is 16.9 Å². The highest BCUT2D eigenvalue weighted by Crippen LogP contribution is 2.28. The molecule has 0 aliphatic carbocycles. The highest BCUT2D eigenvalue weighted by atomic mass is 19.1. The van der Waals surface area contributed by atoms with E-state index in [0.29, 0.717) is 16.9 Å². The molecule has 3 heterocycles. The summed E-state index contributed by atoms with van der Waals surface area (Å²) in [7, 11) is 0. The molecule has 0 saturated carbocycles. The Labute approximate surface area is 120 Å². The molecule has 1 aliphatic rings. The molecule has 1 aliphatic heterocycles. The van der Waals surface area contributed by atoms with Crippen molar-refractivity contribution in [3.05, 3.63) is 48.4 Å². The molecule has 0 spiro atoms. The van der Waals surface area contributed by atoms with Crippen molar-refractivity contribution in [2.24, 2.45) is 5.73 Å². The minimum atomic E-state index is -0.278. The summed E-state index contributed by atoms with van der Waals surface area (Å²) in [6.45, 7) is 1.55. The van der Waals surface area contributed by atoms with Gasteiger partial charge in [-0.15, -0.1) is 0 Å². The molecule has 3 aromatic rings. The topological polar surface area (TPSA) is 59.5 Å². The SMILES string of the molecule is NC1CN(c2cc(-c3ccccc3F)nc3ccnn23)C1. The first-order valence-corrected chi connectivity index (χ1v) is 6.82. The molecule has 106 valence electrons. The quantitative estimate of drug-likeness (QED) is 0.777. The van der Waals surface area contributed by atoms with Gasteiger partial charge in [0.15, 0.2) is 5.65 Å². The third-order valence-corrected chi connectivity index (χ3v) is 3.72. The zero-order chi connectivity index (χ0) is 14.4. The normalized spacial score (nSPS) is 15.4. The maximum atomic E-state index is 14.0. The average Bonchev–Trinajstić information content (AvgIpc) is 2.92. The van der Waals surface area contributed by atoms with Crippen molar-refractivity contribution < 1.29 is 4.39 Å². The van der Waals surface area contributed by atoms with Crippen LogP contribution in [-0.2, 0) is 0 Å². The third-order valence-electron chi connectivity index (χ3n) is 3.72. The lowest BCUT2D eigenvalue weighted by Crippen LogP contribution is -2.56. The van der Waals surface area contributed by atoms with Gasteiger partial charge in [-0.3, -0.25) is 0 Å². The number of hydrogen-bond acceptors (Lipinski definition) is 4. The van der Waals surface area contributed by atoms with E-state index in [1.165, 1.54) is 6.07 Å². The molecular formula is C15H14FN5. The number of fused-ring (bicyclic) bond motifs is 1. The summed E-state index contributed by atoms with van der Waals surface area (Å²) in [5.41, 5.74) is 7.65. The molecule has 1 fully saturated rings. The lowest BCUT2D eigenvalue weighted by atomic mass is 10.1. The minimum absolute atomic E-state index is 0.181. The molecule has 21 heavy (non-hydrogen) atoms. The predicted octanol–water partition coefficient (Wildman–Crippen LogP) is 1.68. The van der Waals surface area contributed by atoms with Crippen molar-refractivity contribution >= 4 is 11.5 Å². The van der Waals surface area contributed by atoms with Crippen LogP contribution in [-0.4, -0.2) is 33.7 Å². The van der Waals surface area contributed by atoms with Gasteiger partial charge in [0, 0.05) is 36.8 Å². The van der Waals surface area contributed by atoms with E-state index in [1.54, 1.807) is 28.9 Å². The summed E-state index contributed by atoms with van der Waals surface area (Å²) in [6, 6.07) is 10.5. The molecular weight excluding hydrogens is 269 g/mol. The van der Waals surface area contributed by atoms with Gasteiger partial charge in [0.2, 0.25) is 0 Å². The molecule has 5 nitrogen and oxygen atoms in total. The molecule has 1 saturated heterocycles. The Hall–Kier alpha value is -2.47. The number of benzene rings is 1. The maximum absolute atomic E-state index is 14.0. The van der Waals surface area contributed by atoms with E-state index in [1.807, 2.05) is 12.1 Å². The van der Waals surface area contributed by atoms with Gasteiger partial charge in [-0.25, -0.2) is 9.37 Å². The van der Waals surface area contributed by atoms with Gasteiger partial charge in [-0.1, -0.05) is 12.1 Å². The molecule has 0 bridgehead atoms. The first kappa shape index (κ1) is 12.3. The highest BCUT2D eigenvalue weighted by Gasteiger charge is 2.26. The van der Waals surface area contributed by atoms with Crippen molar-refractivity contribution in [2.45, 2.75) is 6.04 Å². The lowest BCUT2D eigenvalue weighted by Gasteiger charge is -2.38. The Balaban J connectivity index is 1.89. The van der Waals surface area contributed by atoms with Gasteiger partial charge in [-0.05, 0) is 12.1 Å². The molecule has 1 aromatic carbocycles. The summed E-state index contributed by atoms with van der Waals surface area (Å²) >= 11 is 0. The minimum Gasteiger partial charge on any atom is -0.353 e. The molecule has 0 amide bonds. The van der Waals surface area contributed by atoms with Crippen LogP contribution >= 0.6 is 0 Å². The van der Waals surface area contributed by atoms with E-state index >= 15 is 0 Å². The van der Waals surface area contributed by atoms with Gasteiger partial charge in [-0.2, -0.15) is 9.61 Å². The van der Waals surface area contributed by atoms with Crippen molar-refractivity contribution in [1.82, 2.24) is 14.6 Å². The molecule has 4 rings (SSSR count). The van der Waals surface area contributed by atoms with E-state index in [4.69, 9.17) is 5.73 Å². The molecule has 2 N–H and O–H groups in total. The number of nitrogens with zero attached hydrogens (tertiary/aromatic N) is 4. The number of aromatic nitrogens is 3. The first-order chi connectivity index (χ1) is 10.2. The van der Waals surface area contributed by atoms with E-state index in [9.17, 15) is 4.39 Å². The average molecular weight is 283 g/mol. The summed E-state index contributed by atoms with van der Waals surface area (Å²) in [4.78, 5) is 6.61. The van der Waals surface area contributed by atoms with Gasteiger partial charge in [0.25, 0.3) is 0 Å². The second kappa shape index (κ2) is 4.53. The van der Waals surface area contributed by atoms with Gasteiger partial charge >= 0.3 is 0 Å². The van der Waals surface area contributed by atoms with Gasteiger partial charge in [0.05, 0.1) is 11.9 Å². The van der Waals surface area contributed by atoms with Crippen LogP contribution in [0.15, 0.2) is 42.6 Å². The molecule has 2 aromatic heterocycles. The lowest BCUT2D eigenvalue weighted by molar-refractivity contribution is 0.509. The van der Waals surface area contributed by atoms with Crippen LogP contribution in [0.2, 0.25) is 0 Å². The Morgan fingerprint density at radius 2 is 2.00 bits per heavy atom. The molecule has 0 atom stereocenters. The predicted molar refractivity (Wildman–Crippen MR) is 78.6 cm³/mol. The standard InChI is InChI=1S/C15H14FN5/c16-12-4-2-1-3-11(12)13-7-15(20-8-10(17)9-20)21-14(19-13)5-6-18-21/h1-7,10H,8-9,17H2. The number of rotatable bonds is 2. The smallest absolute Gasteiger partial charge is 0.157 e. The molecule has 0 unspecified atom stereocenters. The zero-order valence-electron chi connectivity index (χ0n) is 11.3. The summed E-state index contributed by atoms with van der Waals surface area (Å²) < 4.78 is 15.8. The number of hydrogen-bond donors (Lipinski definition) is 1. The maximum Gasteiger partial charge on any atom is 0.157 e. The van der Waals surface area contributed by atoms with E-state index in [2.05, 4.69) is 15.0 Å². The Morgan fingerprint density at radius 1 is 1.19 bits per heavy atom. The summed E-state index contributed by atoms with van der Waals surface area (Å²) in [5.74, 6) is 0.616. The third kappa shape index (κ3) is 1.95. The Bertz CT molecular complexity index is 807.